The third-order valence-electron chi connectivity index (χ3n) is 5.03. The molecular weight excluding hydrogens is 344 g/mol. The van der Waals surface area contributed by atoms with Crippen LogP contribution in [0.25, 0.3) is 0 Å². The van der Waals surface area contributed by atoms with Gasteiger partial charge >= 0.3 is 0 Å². The van der Waals surface area contributed by atoms with Gasteiger partial charge in [0.1, 0.15) is 11.5 Å². The molecule has 0 aromatic heterocycles. The van der Waals surface area contributed by atoms with Crippen LogP contribution < -0.4 is 20.1 Å². The summed E-state index contributed by atoms with van der Waals surface area (Å²) in [7, 11) is 5.13. The van der Waals surface area contributed by atoms with Crippen molar-refractivity contribution >= 4 is 5.96 Å². The van der Waals surface area contributed by atoms with Crippen molar-refractivity contribution in [2.75, 3.05) is 47.6 Å². The molecule has 27 heavy (non-hydrogen) atoms. The molecule has 7 heteroatoms. The molecule has 0 aliphatic carbocycles. The van der Waals surface area contributed by atoms with Crippen molar-refractivity contribution in [3.63, 3.8) is 0 Å². The highest BCUT2D eigenvalue weighted by Crippen LogP contribution is 2.29. The van der Waals surface area contributed by atoms with Crippen molar-refractivity contribution in [2.24, 2.45) is 4.99 Å². The summed E-state index contributed by atoms with van der Waals surface area (Å²) in [6, 6.07) is 6.65. The first kappa shape index (κ1) is 21.3. The summed E-state index contributed by atoms with van der Waals surface area (Å²) < 4.78 is 16.4. The maximum atomic E-state index is 5.53. The SMILES string of the molecule is CN=C(NCC(C)N1CCOCC1C)NC(C)c1cc(OC)ccc1OC. The van der Waals surface area contributed by atoms with Crippen molar-refractivity contribution in [1.29, 1.82) is 0 Å². The Morgan fingerprint density at radius 2 is 2.11 bits per heavy atom. The van der Waals surface area contributed by atoms with Crippen LogP contribution in [0.5, 0.6) is 11.5 Å². The number of benzene rings is 1. The molecule has 3 atom stereocenters. The van der Waals surface area contributed by atoms with E-state index in [1.165, 1.54) is 0 Å². The Kier molecular flexibility index (Phi) is 8.19. The third kappa shape index (κ3) is 5.74. The zero-order valence-corrected chi connectivity index (χ0v) is 17.4. The smallest absolute Gasteiger partial charge is 0.191 e. The Morgan fingerprint density at radius 3 is 2.74 bits per heavy atom. The second kappa shape index (κ2) is 10.4. The largest absolute Gasteiger partial charge is 0.497 e. The minimum Gasteiger partial charge on any atom is -0.497 e. The van der Waals surface area contributed by atoms with Gasteiger partial charge in [0.25, 0.3) is 0 Å². The number of methoxy groups -OCH3 is 2. The van der Waals surface area contributed by atoms with Gasteiger partial charge in [0.15, 0.2) is 5.96 Å². The minimum absolute atomic E-state index is 0.0128. The lowest BCUT2D eigenvalue weighted by Crippen LogP contribution is -2.53. The molecule has 1 aliphatic rings. The number of nitrogens with one attached hydrogen (secondary N) is 2. The van der Waals surface area contributed by atoms with E-state index in [9.17, 15) is 0 Å². The molecule has 0 radical (unpaired) electrons. The summed E-state index contributed by atoms with van der Waals surface area (Å²) in [5.74, 6) is 2.39. The van der Waals surface area contributed by atoms with Crippen LogP contribution in [-0.4, -0.2) is 70.5 Å². The van der Waals surface area contributed by atoms with Crippen LogP contribution in [0.1, 0.15) is 32.4 Å². The van der Waals surface area contributed by atoms with Crippen molar-refractivity contribution in [2.45, 2.75) is 38.9 Å². The quantitative estimate of drug-likeness (QED) is 0.559. The monoisotopic (exact) mass is 378 g/mol. The fourth-order valence-corrected chi connectivity index (χ4v) is 3.41. The zero-order chi connectivity index (χ0) is 19.8. The Bertz CT molecular complexity index is 623. The van der Waals surface area contributed by atoms with Crippen LogP contribution in [0.4, 0.5) is 0 Å². The molecule has 0 spiro atoms. The highest BCUT2D eigenvalue weighted by molar-refractivity contribution is 5.80. The normalized spacial score (nSPS) is 20.7. The number of hydrogen-bond donors (Lipinski definition) is 2. The molecule has 1 heterocycles. The maximum Gasteiger partial charge on any atom is 0.191 e. The van der Waals surface area contributed by atoms with E-state index in [0.717, 1.165) is 49.3 Å². The van der Waals surface area contributed by atoms with E-state index in [4.69, 9.17) is 14.2 Å². The van der Waals surface area contributed by atoms with E-state index < -0.39 is 0 Å². The van der Waals surface area contributed by atoms with E-state index >= 15 is 0 Å². The molecule has 2 rings (SSSR count). The first-order valence-electron chi connectivity index (χ1n) is 9.52. The highest BCUT2D eigenvalue weighted by Gasteiger charge is 2.24. The van der Waals surface area contributed by atoms with Gasteiger partial charge in [-0.05, 0) is 39.0 Å². The zero-order valence-electron chi connectivity index (χ0n) is 17.4. The van der Waals surface area contributed by atoms with E-state index in [0.29, 0.717) is 12.1 Å². The lowest BCUT2D eigenvalue weighted by Gasteiger charge is -2.38. The molecule has 0 saturated carbocycles. The number of aliphatic imine (C=N–C) groups is 1. The molecule has 3 unspecified atom stereocenters. The van der Waals surface area contributed by atoms with Gasteiger partial charge < -0.3 is 24.8 Å². The minimum atomic E-state index is 0.0128. The van der Waals surface area contributed by atoms with Gasteiger partial charge in [0.2, 0.25) is 0 Å². The van der Waals surface area contributed by atoms with Crippen molar-refractivity contribution in [3.05, 3.63) is 23.8 Å². The molecule has 1 aromatic carbocycles. The van der Waals surface area contributed by atoms with Crippen LogP contribution in [0.15, 0.2) is 23.2 Å². The van der Waals surface area contributed by atoms with E-state index in [1.54, 1.807) is 21.3 Å². The predicted molar refractivity (Wildman–Crippen MR) is 109 cm³/mol. The van der Waals surface area contributed by atoms with E-state index in [1.807, 2.05) is 18.2 Å². The van der Waals surface area contributed by atoms with Gasteiger partial charge in [-0.2, -0.15) is 0 Å². The Labute approximate surface area is 163 Å². The number of ether oxygens (including phenoxy) is 3. The molecule has 1 aliphatic heterocycles. The Morgan fingerprint density at radius 1 is 1.33 bits per heavy atom. The fraction of sp³-hybridized carbons (Fsp3) is 0.650. The van der Waals surface area contributed by atoms with Gasteiger partial charge in [-0.25, -0.2) is 0 Å². The number of hydrogen-bond acceptors (Lipinski definition) is 5. The van der Waals surface area contributed by atoms with Crippen LogP contribution in [0, 0.1) is 0 Å². The van der Waals surface area contributed by atoms with Crippen molar-refractivity contribution < 1.29 is 14.2 Å². The van der Waals surface area contributed by atoms with Gasteiger partial charge in [0, 0.05) is 37.8 Å². The van der Waals surface area contributed by atoms with Crippen LogP contribution in [-0.2, 0) is 4.74 Å². The molecule has 1 aromatic rings. The molecule has 0 amide bonds. The molecule has 152 valence electrons. The average molecular weight is 379 g/mol. The number of rotatable bonds is 7. The topological polar surface area (TPSA) is 67.4 Å². The first-order valence-corrected chi connectivity index (χ1v) is 9.52. The summed E-state index contributed by atoms with van der Waals surface area (Å²) in [4.78, 5) is 6.84. The molecule has 2 N–H and O–H groups in total. The summed E-state index contributed by atoms with van der Waals surface area (Å²) in [5.41, 5.74) is 1.02. The van der Waals surface area contributed by atoms with Gasteiger partial charge in [-0.3, -0.25) is 9.89 Å². The second-order valence-electron chi connectivity index (χ2n) is 6.94. The molecule has 7 nitrogen and oxygen atoms in total. The lowest BCUT2D eigenvalue weighted by molar-refractivity contribution is -0.0174. The van der Waals surface area contributed by atoms with Crippen LogP contribution in [0.3, 0.4) is 0 Å². The number of morpholine rings is 1. The van der Waals surface area contributed by atoms with Gasteiger partial charge in [-0.15, -0.1) is 0 Å². The lowest BCUT2D eigenvalue weighted by atomic mass is 10.1. The summed E-state index contributed by atoms with van der Waals surface area (Å²) in [6.45, 7) is 9.89. The van der Waals surface area contributed by atoms with Gasteiger partial charge in [0.05, 0.1) is 33.5 Å². The standard InChI is InChI=1S/C20H34N4O3/c1-14(24-9-10-27-13-15(24)2)12-22-20(21-4)23-16(3)18-11-17(25-5)7-8-19(18)26-6/h7-8,11,14-16H,9-10,12-13H2,1-6H3,(H2,21,22,23). The van der Waals surface area contributed by atoms with Crippen LogP contribution >= 0.6 is 0 Å². The molecular formula is C20H34N4O3. The fourth-order valence-electron chi connectivity index (χ4n) is 3.41. The average Bonchev–Trinajstić information content (AvgIpc) is 2.70. The van der Waals surface area contributed by atoms with E-state index in [2.05, 4.69) is 41.3 Å². The third-order valence-corrected chi connectivity index (χ3v) is 5.03. The number of nitrogens with zero attached hydrogens (tertiary/aromatic N) is 2. The van der Waals surface area contributed by atoms with Crippen LogP contribution in [0.2, 0.25) is 0 Å². The van der Waals surface area contributed by atoms with Gasteiger partial charge in [-0.1, -0.05) is 0 Å². The van der Waals surface area contributed by atoms with E-state index in [-0.39, 0.29) is 6.04 Å². The Hall–Kier alpha value is -1.99. The second-order valence-corrected chi connectivity index (χ2v) is 6.94. The summed E-state index contributed by atoms with van der Waals surface area (Å²) in [6.07, 6.45) is 0. The summed E-state index contributed by atoms with van der Waals surface area (Å²) in [5, 5.41) is 6.88. The highest BCUT2D eigenvalue weighted by atomic mass is 16.5. The molecule has 0 bridgehead atoms. The predicted octanol–water partition coefficient (Wildman–Crippen LogP) is 2.04. The molecule has 1 fully saturated rings. The van der Waals surface area contributed by atoms with Crippen molar-refractivity contribution in [1.82, 2.24) is 15.5 Å². The Balaban J connectivity index is 1.96. The van der Waals surface area contributed by atoms with Crippen molar-refractivity contribution in [3.8, 4) is 11.5 Å². The maximum absolute atomic E-state index is 5.53. The first-order chi connectivity index (χ1) is 13.0. The molecule has 1 saturated heterocycles. The number of guanidine groups is 1. The summed E-state index contributed by atoms with van der Waals surface area (Å²) >= 11 is 0.